The van der Waals surface area contributed by atoms with Crippen LogP contribution in [0.25, 0.3) is 0 Å². The van der Waals surface area contributed by atoms with E-state index < -0.39 is 10.0 Å². The van der Waals surface area contributed by atoms with Crippen molar-refractivity contribution in [1.29, 1.82) is 0 Å². The summed E-state index contributed by atoms with van der Waals surface area (Å²) in [6.45, 7) is 6.39. The number of hydrogen-bond acceptors (Lipinski definition) is 4. The van der Waals surface area contributed by atoms with Crippen LogP contribution in [-0.2, 0) is 10.0 Å². The molecular weight excluding hydrogens is 262 g/mol. The van der Waals surface area contributed by atoms with E-state index in [-0.39, 0.29) is 16.0 Å². The first-order chi connectivity index (χ1) is 8.69. The summed E-state index contributed by atoms with van der Waals surface area (Å²) in [7, 11) is -3.75. The van der Waals surface area contributed by atoms with Crippen molar-refractivity contribution in [3.8, 4) is 0 Å². The van der Waals surface area contributed by atoms with Crippen molar-refractivity contribution in [2.45, 2.75) is 31.6 Å². The first kappa shape index (κ1) is 14.1. The molecule has 1 aromatic rings. The minimum atomic E-state index is -3.75. The lowest BCUT2D eigenvalue weighted by atomic mass is 9.84. The Morgan fingerprint density at radius 1 is 1.32 bits per heavy atom. The van der Waals surface area contributed by atoms with Gasteiger partial charge in [0, 0.05) is 18.8 Å². The van der Waals surface area contributed by atoms with Crippen molar-refractivity contribution in [2.24, 2.45) is 10.6 Å². The minimum Gasteiger partial charge on any atom is -0.398 e. The lowest BCUT2D eigenvalue weighted by molar-refractivity contribution is 0.293. The van der Waals surface area contributed by atoms with Gasteiger partial charge in [-0.1, -0.05) is 13.8 Å². The predicted molar refractivity (Wildman–Crippen MR) is 77.5 cm³/mol. The summed E-state index contributed by atoms with van der Waals surface area (Å²) in [4.78, 5) is 2.24. The number of nitrogens with zero attached hydrogens (tertiary/aromatic N) is 1. The Kier molecular flexibility index (Phi) is 3.49. The van der Waals surface area contributed by atoms with Gasteiger partial charge in [-0.15, -0.1) is 0 Å². The first-order valence-corrected chi connectivity index (χ1v) is 7.91. The van der Waals surface area contributed by atoms with E-state index in [0.29, 0.717) is 0 Å². The number of primary sulfonamides is 1. The first-order valence-electron chi connectivity index (χ1n) is 6.36. The number of nitrogens with two attached hydrogens (primary N) is 2. The van der Waals surface area contributed by atoms with Crippen LogP contribution in [0.4, 0.5) is 11.4 Å². The van der Waals surface area contributed by atoms with Crippen LogP contribution in [-0.4, -0.2) is 21.5 Å². The van der Waals surface area contributed by atoms with Crippen LogP contribution in [0, 0.1) is 5.41 Å². The van der Waals surface area contributed by atoms with E-state index in [0.717, 1.165) is 25.2 Å². The molecule has 1 heterocycles. The number of nitrogen functional groups attached to an aromatic ring is 1. The SMILES string of the molecule is CC1(C)CCCN(c2ccc(S(N)(=O)=O)c(N)c2)C1. The van der Waals surface area contributed by atoms with Crippen molar-refractivity contribution in [3.63, 3.8) is 0 Å². The number of hydrogen-bond donors (Lipinski definition) is 2. The Labute approximate surface area is 114 Å². The maximum atomic E-state index is 11.3. The molecule has 19 heavy (non-hydrogen) atoms. The summed E-state index contributed by atoms with van der Waals surface area (Å²) in [5.41, 5.74) is 7.23. The maximum Gasteiger partial charge on any atom is 0.240 e. The predicted octanol–water partition coefficient (Wildman–Crippen LogP) is 1.54. The van der Waals surface area contributed by atoms with Crippen LogP contribution in [0.1, 0.15) is 26.7 Å². The third-order valence-electron chi connectivity index (χ3n) is 3.57. The molecule has 0 saturated carbocycles. The molecule has 0 radical (unpaired) electrons. The molecule has 2 rings (SSSR count). The monoisotopic (exact) mass is 283 g/mol. The average Bonchev–Trinajstić information content (AvgIpc) is 2.25. The highest BCUT2D eigenvalue weighted by Crippen LogP contribution is 2.33. The molecule has 1 fully saturated rings. The van der Waals surface area contributed by atoms with Crippen LogP contribution in [0.3, 0.4) is 0 Å². The van der Waals surface area contributed by atoms with Gasteiger partial charge in [-0.2, -0.15) is 0 Å². The lowest BCUT2D eigenvalue weighted by Gasteiger charge is -2.39. The van der Waals surface area contributed by atoms with Gasteiger partial charge in [-0.3, -0.25) is 0 Å². The van der Waals surface area contributed by atoms with Gasteiger partial charge in [0.05, 0.1) is 5.69 Å². The van der Waals surface area contributed by atoms with Crippen molar-refractivity contribution < 1.29 is 8.42 Å². The van der Waals surface area contributed by atoms with Gasteiger partial charge in [0.1, 0.15) is 4.90 Å². The normalized spacial score (nSPS) is 19.4. The molecule has 5 nitrogen and oxygen atoms in total. The molecule has 106 valence electrons. The Morgan fingerprint density at radius 3 is 2.53 bits per heavy atom. The van der Waals surface area contributed by atoms with E-state index in [1.807, 2.05) is 0 Å². The third kappa shape index (κ3) is 3.19. The zero-order chi connectivity index (χ0) is 14.3. The number of piperidine rings is 1. The Bertz CT molecular complexity index is 582. The number of benzene rings is 1. The van der Waals surface area contributed by atoms with Crippen LogP contribution >= 0.6 is 0 Å². The van der Waals surface area contributed by atoms with Crippen LogP contribution < -0.4 is 15.8 Å². The molecule has 0 amide bonds. The molecular formula is C13H21N3O2S. The zero-order valence-corrected chi connectivity index (χ0v) is 12.2. The highest BCUT2D eigenvalue weighted by Gasteiger charge is 2.27. The highest BCUT2D eigenvalue weighted by atomic mass is 32.2. The minimum absolute atomic E-state index is 0.00693. The van der Waals surface area contributed by atoms with Gasteiger partial charge in [0.25, 0.3) is 0 Å². The fourth-order valence-electron chi connectivity index (χ4n) is 2.64. The second-order valence-electron chi connectivity index (χ2n) is 5.96. The second-order valence-corrected chi connectivity index (χ2v) is 7.49. The van der Waals surface area contributed by atoms with E-state index >= 15 is 0 Å². The van der Waals surface area contributed by atoms with Crippen LogP contribution in [0.5, 0.6) is 0 Å². The van der Waals surface area contributed by atoms with Crippen molar-refractivity contribution in [1.82, 2.24) is 0 Å². The molecule has 1 aromatic carbocycles. The summed E-state index contributed by atoms with van der Waals surface area (Å²) in [5, 5.41) is 5.11. The van der Waals surface area contributed by atoms with Crippen molar-refractivity contribution in [2.75, 3.05) is 23.7 Å². The van der Waals surface area contributed by atoms with E-state index in [1.54, 1.807) is 12.1 Å². The topological polar surface area (TPSA) is 89.4 Å². The largest absolute Gasteiger partial charge is 0.398 e. The van der Waals surface area contributed by atoms with Gasteiger partial charge < -0.3 is 10.6 Å². The van der Waals surface area contributed by atoms with Gasteiger partial charge in [-0.25, -0.2) is 13.6 Å². The van der Waals surface area contributed by atoms with Crippen LogP contribution in [0.15, 0.2) is 23.1 Å². The van der Waals surface area contributed by atoms with E-state index in [2.05, 4.69) is 18.7 Å². The average molecular weight is 283 g/mol. The van der Waals surface area contributed by atoms with E-state index in [9.17, 15) is 8.42 Å². The van der Waals surface area contributed by atoms with Crippen LogP contribution in [0.2, 0.25) is 0 Å². The number of sulfonamides is 1. The molecule has 4 N–H and O–H groups in total. The van der Waals surface area contributed by atoms with Crippen molar-refractivity contribution in [3.05, 3.63) is 18.2 Å². The van der Waals surface area contributed by atoms with E-state index in [1.165, 1.54) is 12.5 Å². The van der Waals surface area contributed by atoms with Gasteiger partial charge in [0.15, 0.2) is 0 Å². The van der Waals surface area contributed by atoms with Gasteiger partial charge in [0.2, 0.25) is 10.0 Å². The Morgan fingerprint density at radius 2 is 2.00 bits per heavy atom. The number of anilines is 2. The second kappa shape index (κ2) is 4.68. The smallest absolute Gasteiger partial charge is 0.240 e. The number of rotatable bonds is 2. The molecule has 1 aliphatic rings. The highest BCUT2D eigenvalue weighted by molar-refractivity contribution is 7.89. The van der Waals surface area contributed by atoms with Crippen molar-refractivity contribution >= 4 is 21.4 Å². The zero-order valence-electron chi connectivity index (χ0n) is 11.4. The molecule has 0 atom stereocenters. The van der Waals surface area contributed by atoms with Gasteiger partial charge in [-0.05, 0) is 36.5 Å². The molecule has 1 saturated heterocycles. The fraction of sp³-hybridized carbons (Fsp3) is 0.538. The maximum absolute atomic E-state index is 11.3. The molecule has 0 unspecified atom stereocenters. The lowest BCUT2D eigenvalue weighted by Crippen LogP contribution is -2.40. The molecule has 0 aromatic heterocycles. The Balaban J connectivity index is 2.30. The standard InChI is InChI=1S/C13H21N3O2S/c1-13(2)6-3-7-16(9-13)10-4-5-12(11(14)8-10)19(15,17)18/h4-5,8H,3,6-7,9,14H2,1-2H3,(H2,15,17,18). The molecule has 0 aliphatic carbocycles. The quantitative estimate of drug-likeness (QED) is 0.806. The molecule has 0 spiro atoms. The summed E-state index contributed by atoms with van der Waals surface area (Å²) < 4.78 is 22.7. The van der Waals surface area contributed by atoms with E-state index in [4.69, 9.17) is 10.9 Å². The Hall–Kier alpha value is -1.27. The summed E-state index contributed by atoms with van der Waals surface area (Å²) in [6.07, 6.45) is 2.33. The molecule has 1 aliphatic heterocycles. The third-order valence-corrected chi connectivity index (χ3v) is 4.55. The van der Waals surface area contributed by atoms with Gasteiger partial charge >= 0.3 is 0 Å². The summed E-state index contributed by atoms with van der Waals surface area (Å²) in [6, 6.07) is 4.96. The fourth-order valence-corrected chi connectivity index (χ4v) is 3.28. The summed E-state index contributed by atoms with van der Waals surface area (Å²) in [5.74, 6) is 0. The molecule has 0 bridgehead atoms. The summed E-state index contributed by atoms with van der Waals surface area (Å²) >= 11 is 0. The molecule has 6 heteroatoms.